The molecule has 0 saturated carbocycles. The number of benzene rings is 8. The number of fused-ring (bicyclic) bond motifs is 1. The zero-order valence-corrected chi connectivity index (χ0v) is 35.1. The van der Waals surface area contributed by atoms with Crippen molar-refractivity contribution in [2.45, 2.75) is 47.5 Å². The standard InChI is InChI=1S/C56H48N4/c1-36-32-38(3)51(39(4)33-36)53(52-40(5)34-37(2)35-41(52)6)48-30-31-50(47-28-17-16-27-46(47)48)60(49-29-19-18-26-45(49)42-20-10-7-11-21-42)56-58-54(43-22-12-8-13-23-43)57-55(59-56)44-24-14-9-15-25-44/h7-35,53H,1-6H3. The average molecular weight is 777 g/mol. The first-order chi connectivity index (χ1) is 29.2. The summed E-state index contributed by atoms with van der Waals surface area (Å²) < 4.78 is 0. The van der Waals surface area contributed by atoms with Gasteiger partial charge in [-0.2, -0.15) is 9.97 Å². The van der Waals surface area contributed by atoms with Crippen molar-refractivity contribution in [3.8, 4) is 33.9 Å². The molecule has 0 aliphatic rings. The second-order valence-electron chi connectivity index (χ2n) is 16.0. The van der Waals surface area contributed by atoms with Gasteiger partial charge in [0.05, 0.1) is 11.4 Å². The van der Waals surface area contributed by atoms with Crippen LogP contribution in [0.5, 0.6) is 0 Å². The average Bonchev–Trinajstić information content (AvgIpc) is 3.26. The number of anilines is 3. The van der Waals surface area contributed by atoms with E-state index in [1.54, 1.807) is 0 Å². The number of hydrogen-bond acceptors (Lipinski definition) is 4. The summed E-state index contributed by atoms with van der Waals surface area (Å²) in [7, 11) is 0. The molecule has 60 heavy (non-hydrogen) atoms. The van der Waals surface area contributed by atoms with Crippen molar-refractivity contribution in [1.29, 1.82) is 0 Å². The Balaban J connectivity index is 1.36. The molecule has 0 unspecified atom stereocenters. The first-order valence-electron chi connectivity index (χ1n) is 20.7. The highest BCUT2D eigenvalue weighted by molar-refractivity contribution is 6.02. The zero-order valence-electron chi connectivity index (χ0n) is 35.1. The molecule has 0 saturated heterocycles. The van der Waals surface area contributed by atoms with Gasteiger partial charge in [-0.3, -0.25) is 4.90 Å². The Morgan fingerprint density at radius 1 is 0.383 bits per heavy atom. The third kappa shape index (κ3) is 7.26. The van der Waals surface area contributed by atoms with Crippen LogP contribution in [-0.2, 0) is 0 Å². The summed E-state index contributed by atoms with van der Waals surface area (Å²) >= 11 is 0. The molecule has 0 aliphatic heterocycles. The van der Waals surface area contributed by atoms with Crippen LogP contribution in [-0.4, -0.2) is 15.0 Å². The summed E-state index contributed by atoms with van der Waals surface area (Å²) in [6, 6.07) is 62.4. The van der Waals surface area contributed by atoms with Crippen LogP contribution in [0.25, 0.3) is 44.7 Å². The van der Waals surface area contributed by atoms with Crippen molar-refractivity contribution in [3.63, 3.8) is 0 Å². The Morgan fingerprint density at radius 2 is 0.817 bits per heavy atom. The van der Waals surface area contributed by atoms with E-state index >= 15 is 0 Å². The molecule has 0 radical (unpaired) electrons. The van der Waals surface area contributed by atoms with Gasteiger partial charge >= 0.3 is 0 Å². The van der Waals surface area contributed by atoms with E-state index in [0.717, 1.165) is 39.0 Å². The SMILES string of the molecule is Cc1cc(C)c(C(c2c(C)cc(C)cc2C)c2ccc(N(c3nc(-c4ccccc4)nc(-c4ccccc4)n3)c3ccccc3-c3ccccc3)c3ccccc23)c(C)c1. The van der Waals surface area contributed by atoms with Crippen LogP contribution in [0.1, 0.15) is 56.0 Å². The van der Waals surface area contributed by atoms with Gasteiger partial charge in [0, 0.05) is 28.0 Å². The van der Waals surface area contributed by atoms with Crippen LogP contribution < -0.4 is 4.90 Å². The molecule has 0 atom stereocenters. The fourth-order valence-corrected chi connectivity index (χ4v) is 9.27. The van der Waals surface area contributed by atoms with Gasteiger partial charge in [-0.05, 0) is 104 Å². The summed E-state index contributed by atoms with van der Waals surface area (Å²) in [4.78, 5) is 18.0. The Hall–Kier alpha value is -7.17. The molecular weight excluding hydrogens is 729 g/mol. The number of para-hydroxylation sites is 1. The molecule has 0 bridgehead atoms. The molecule has 8 aromatic carbocycles. The highest BCUT2D eigenvalue weighted by Gasteiger charge is 2.29. The monoisotopic (exact) mass is 776 g/mol. The summed E-state index contributed by atoms with van der Waals surface area (Å²) in [5, 5.41) is 2.29. The van der Waals surface area contributed by atoms with Gasteiger partial charge in [0.2, 0.25) is 5.95 Å². The maximum absolute atomic E-state index is 5.34. The molecule has 1 heterocycles. The van der Waals surface area contributed by atoms with E-state index in [0.29, 0.717) is 17.6 Å². The summed E-state index contributed by atoms with van der Waals surface area (Å²) in [6.45, 7) is 13.5. The highest BCUT2D eigenvalue weighted by atomic mass is 15.3. The third-order valence-electron chi connectivity index (χ3n) is 11.7. The van der Waals surface area contributed by atoms with E-state index in [1.165, 1.54) is 55.5 Å². The Kier molecular flexibility index (Phi) is 10.4. The molecular formula is C56H48N4. The van der Waals surface area contributed by atoms with Crippen molar-refractivity contribution in [2.75, 3.05) is 4.90 Å². The van der Waals surface area contributed by atoms with Gasteiger partial charge in [0.25, 0.3) is 0 Å². The van der Waals surface area contributed by atoms with E-state index < -0.39 is 0 Å². The first-order valence-corrected chi connectivity index (χ1v) is 20.7. The first kappa shape index (κ1) is 38.4. The molecule has 9 aromatic rings. The number of aryl methyl sites for hydroxylation is 6. The highest BCUT2D eigenvalue weighted by Crippen LogP contribution is 2.47. The van der Waals surface area contributed by atoms with Gasteiger partial charge in [0.1, 0.15) is 0 Å². The second-order valence-corrected chi connectivity index (χ2v) is 16.0. The lowest BCUT2D eigenvalue weighted by atomic mass is 9.75. The van der Waals surface area contributed by atoms with Crippen LogP contribution in [0, 0.1) is 41.5 Å². The maximum atomic E-state index is 5.34. The van der Waals surface area contributed by atoms with Crippen LogP contribution >= 0.6 is 0 Å². The molecule has 0 aliphatic carbocycles. The predicted molar refractivity (Wildman–Crippen MR) is 251 cm³/mol. The predicted octanol–water partition coefficient (Wildman–Crippen LogP) is 14.5. The lowest BCUT2D eigenvalue weighted by molar-refractivity contribution is 0.927. The Bertz CT molecular complexity index is 2830. The largest absolute Gasteiger partial charge is 0.278 e. The minimum absolute atomic E-state index is 0.00162. The number of aromatic nitrogens is 3. The lowest BCUT2D eigenvalue weighted by Crippen LogP contribution is -2.17. The van der Waals surface area contributed by atoms with Gasteiger partial charge in [-0.1, -0.05) is 175 Å². The Morgan fingerprint density at radius 3 is 1.33 bits per heavy atom. The number of rotatable bonds is 9. The number of nitrogens with zero attached hydrogens (tertiary/aromatic N) is 4. The lowest BCUT2D eigenvalue weighted by Gasteiger charge is -2.31. The zero-order chi connectivity index (χ0) is 41.3. The second kappa shape index (κ2) is 16.2. The van der Waals surface area contributed by atoms with Crippen molar-refractivity contribution in [1.82, 2.24) is 15.0 Å². The fraction of sp³-hybridized carbons (Fsp3) is 0.125. The van der Waals surface area contributed by atoms with Gasteiger partial charge < -0.3 is 0 Å². The Labute approximate surface area is 353 Å². The van der Waals surface area contributed by atoms with E-state index in [2.05, 4.69) is 186 Å². The third-order valence-corrected chi connectivity index (χ3v) is 11.7. The number of hydrogen-bond donors (Lipinski definition) is 0. The van der Waals surface area contributed by atoms with E-state index in [4.69, 9.17) is 15.0 Å². The van der Waals surface area contributed by atoms with Crippen LogP contribution in [0.15, 0.2) is 176 Å². The van der Waals surface area contributed by atoms with Crippen LogP contribution in [0.3, 0.4) is 0 Å². The van der Waals surface area contributed by atoms with Crippen molar-refractivity contribution in [2.24, 2.45) is 0 Å². The summed E-state index contributed by atoms with van der Waals surface area (Å²) in [5.74, 6) is 1.76. The maximum Gasteiger partial charge on any atom is 0.238 e. The van der Waals surface area contributed by atoms with Crippen LogP contribution in [0.4, 0.5) is 17.3 Å². The van der Waals surface area contributed by atoms with Crippen molar-refractivity contribution >= 4 is 28.1 Å². The van der Waals surface area contributed by atoms with Gasteiger partial charge in [-0.15, -0.1) is 0 Å². The quantitative estimate of drug-likeness (QED) is 0.137. The molecule has 0 N–H and O–H groups in total. The molecule has 0 spiro atoms. The van der Waals surface area contributed by atoms with Crippen LogP contribution in [0.2, 0.25) is 0 Å². The molecule has 9 rings (SSSR count). The van der Waals surface area contributed by atoms with E-state index in [1.807, 2.05) is 36.4 Å². The van der Waals surface area contributed by atoms with E-state index in [-0.39, 0.29) is 5.92 Å². The normalized spacial score (nSPS) is 11.3. The summed E-state index contributed by atoms with van der Waals surface area (Å²) in [5.41, 5.74) is 17.7. The molecule has 4 nitrogen and oxygen atoms in total. The minimum Gasteiger partial charge on any atom is -0.278 e. The van der Waals surface area contributed by atoms with Gasteiger partial charge in [-0.25, -0.2) is 4.98 Å². The van der Waals surface area contributed by atoms with Crippen molar-refractivity contribution in [3.05, 3.63) is 226 Å². The molecule has 292 valence electrons. The topological polar surface area (TPSA) is 41.9 Å². The smallest absolute Gasteiger partial charge is 0.238 e. The molecule has 0 fully saturated rings. The molecule has 1 aromatic heterocycles. The fourth-order valence-electron chi connectivity index (χ4n) is 9.27. The molecule has 4 heteroatoms. The van der Waals surface area contributed by atoms with E-state index in [9.17, 15) is 0 Å². The molecule has 0 amide bonds. The van der Waals surface area contributed by atoms with Gasteiger partial charge in [0.15, 0.2) is 11.6 Å². The van der Waals surface area contributed by atoms with Crippen molar-refractivity contribution < 1.29 is 0 Å². The summed E-state index contributed by atoms with van der Waals surface area (Å²) in [6.07, 6.45) is 0. The minimum atomic E-state index is 0.00162.